The van der Waals surface area contributed by atoms with Crippen LogP contribution in [0.4, 0.5) is 0 Å². The zero-order valence-corrected chi connectivity index (χ0v) is 20.5. The minimum Gasteiger partial charge on any atom is -0.478 e. The third-order valence-corrected chi connectivity index (χ3v) is 13.5. The molecule has 2 atom stereocenters. The van der Waals surface area contributed by atoms with Crippen molar-refractivity contribution in [3.8, 4) is 0 Å². The summed E-state index contributed by atoms with van der Waals surface area (Å²) in [7, 11) is -7.08. The zero-order valence-electron chi connectivity index (χ0n) is 17.5. The van der Waals surface area contributed by atoms with Crippen molar-refractivity contribution >= 4 is 31.2 Å². The molecule has 10 heteroatoms. The lowest BCUT2D eigenvalue weighted by Crippen LogP contribution is -2.71. The Morgan fingerprint density at radius 1 is 1.12 bits per heavy atom. The first-order valence-corrected chi connectivity index (χ1v) is 17.9. The van der Waals surface area contributed by atoms with Gasteiger partial charge in [0.25, 0.3) is 0 Å². The number of hydrogen-bond acceptors (Lipinski definition) is 6. The molecule has 0 aromatic carbocycles. The van der Waals surface area contributed by atoms with E-state index in [0.29, 0.717) is 12.8 Å². The van der Waals surface area contributed by atoms with Crippen LogP contribution in [0.1, 0.15) is 19.8 Å². The number of rotatable bonds is 10. The van der Waals surface area contributed by atoms with Crippen LogP contribution in [0.2, 0.25) is 45.8 Å². The van der Waals surface area contributed by atoms with Crippen LogP contribution in [0.25, 0.3) is 0 Å². The van der Waals surface area contributed by atoms with Gasteiger partial charge in [-0.2, -0.15) is 0 Å². The normalized spacial score (nSPS) is 16.1. The highest BCUT2D eigenvalue weighted by molar-refractivity contribution is 6.89. The molecular weight excluding hydrogens is 388 g/mol. The lowest BCUT2D eigenvalue weighted by Gasteiger charge is -2.49. The van der Waals surface area contributed by atoms with Gasteiger partial charge < -0.3 is 28.7 Å². The van der Waals surface area contributed by atoms with Gasteiger partial charge in [-0.15, -0.1) is 0 Å². The molecule has 0 rings (SSSR count). The Labute approximate surface area is 161 Å². The summed E-state index contributed by atoms with van der Waals surface area (Å²) in [5.41, 5.74) is 0. The quantitative estimate of drug-likeness (QED) is 0.313. The number of hydrogen-bond donors (Lipinski definition) is 4. The summed E-state index contributed by atoms with van der Waals surface area (Å²) in [6, 6.07) is 0. The minimum absolute atomic E-state index is 0.354. The van der Waals surface area contributed by atoms with Crippen LogP contribution in [0.15, 0.2) is 12.7 Å². The van der Waals surface area contributed by atoms with Crippen LogP contribution in [-0.2, 0) is 13.0 Å². The molecule has 0 radical (unpaired) electrons. The zero-order chi connectivity index (χ0) is 21.4. The van der Waals surface area contributed by atoms with Crippen LogP contribution < -0.4 is 0 Å². The molecule has 7 nitrogen and oxygen atoms in total. The number of carboxylic acids is 1. The molecule has 26 heavy (non-hydrogen) atoms. The van der Waals surface area contributed by atoms with E-state index in [1.54, 1.807) is 0 Å². The fourth-order valence-electron chi connectivity index (χ4n) is 2.59. The van der Waals surface area contributed by atoms with Gasteiger partial charge in [0, 0.05) is 6.08 Å². The standard InChI is InChI=1S/C13H34O5Si3.C3H4O2/c1-9-10-13(16,12(15)11-14)21(8,17-19(2,3)4)18-20(5,6)7;1-2-3(4)5/h12,14-16H,9-11H2,1-8H3;2H,1H2,(H,4,5). The van der Waals surface area contributed by atoms with E-state index < -0.39 is 49.1 Å². The van der Waals surface area contributed by atoms with Crippen molar-refractivity contribution in [2.24, 2.45) is 0 Å². The number of carboxylic acid groups (broad SMARTS) is 1. The van der Waals surface area contributed by atoms with E-state index in [9.17, 15) is 20.1 Å². The minimum atomic E-state index is -3.11. The van der Waals surface area contributed by atoms with Crippen LogP contribution >= 0.6 is 0 Å². The lowest BCUT2D eigenvalue weighted by molar-refractivity contribution is -0.131. The van der Waals surface area contributed by atoms with Gasteiger partial charge in [-0.3, -0.25) is 0 Å². The van der Waals surface area contributed by atoms with Crippen molar-refractivity contribution in [3.63, 3.8) is 0 Å². The van der Waals surface area contributed by atoms with Gasteiger partial charge in [-0.25, -0.2) is 4.79 Å². The summed E-state index contributed by atoms with van der Waals surface area (Å²) in [6.45, 7) is 18.5. The second-order valence-electron chi connectivity index (χ2n) is 8.29. The van der Waals surface area contributed by atoms with E-state index in [1.165, 1.54) is 0 Å². The SMILES string of the molecule is C=CC(=O)O.CCCC(O)(C(O)CO)[Si](C)(O[Si](C)(C)C)O[Si](C)(C)C. The van der Waals surface area contributed by atoms with E-state index >= 15 is 0 Å². The van der Waals surface area contributed by atoms with Gasteiger partial charge in [0.15, 0.2) is 16.6 Å². The number of carbonyl (C=O) groups is 1. The molecule has 4 N–H and O–H groups in total. The van der Waals surface area contributed by atoms with Gasteiger partial charge in [0.05, 0.1) is 6.61 Å². The molecule has 156 valence electrons. The van der Waals surface area contributed by atoms with Gasteiger partial charge >= 0.3 is 14.5 Å². The summed E-state index contributed by atoms with van der Waals surface area (Å²) >= 11 is 0. The molecule has 0 amide bonds. The van der Waals surface area contributed by atoms with Crippen molar-refractivity contribution < 1.29 is 33.5 Å². The first kappa shape index (κ1) is 27.9. The number of aliphatic carboxylic acids is 1. The average Bonchev–Trinajstić information content (AvgIpc) is 2.42. The second kappa shape index (κ2) is 10.9. The molecule has 2 unspecified atom stereocenters. The van der Waals surface area contributed by atoms with Crippen LogP contribution in [0.3, 0.4) is 0 Å². The Morgan fingerprint density at radius 3 is 1.65 bits per heavy atom. The smallest absolute Gasteiger partial charge is 0.350 e. The van der Waals surface area contributed by atoms with Gasteiger partial charge in [0.1, 0.15) is 11.3 Å². The van der Waals surface area contributed by atoms with Crippen molar-refractivity contribution in [3.05, 3.63) is 12.7 Å². The second-order valence-corrected chi connectivity index (χ2v) is 21.1. The Hall–Kier alpha value is -0.339. The molecule has 0 spiro atoms. The van der Waals surface area contributed by atoms with Crippen molar-refractivity contribution in [2.75, 3.05) is 6.61 Å². The predicted molar refractivity (Wildman–Crippen MR) is 111 cm³/mol. The van der Waals surface area contributed by atoms with Crippen molar-refractivity contribution in [1.82, 2.24) is 0 Å². The highest BCUT2D eigenvalue weighted by atomic mass is 28.5. The molecule has 0 aromatic rings. The summed E-state index contributed by atoms with van der Waals surface area (Å²) in [5.74, 6) is -0.981. The topological polar surface area (TPSA) is 116 Å². The third kappa shape index (κ3) is 10.1. The summed E-state index contributed by atoms with van der Waals surface area (Å²) in [5, 5.41) is 36.9. The summed E-state index contributed by atoms with van der Waals surface area (Å²) < 4.78 is 12.6. The van der Waals surface area contributed by atoms with Crippen molar-refractivity contribution in [2.45, 2.75) is 76.9 Å². The molecule has 0 bridgehead atoms. The van der Waals surface area contributed by atoms with Crippen LogP contribution in [-0.4, -0.2) is 69.5 Å². The van der Waals surface area contributed by atoms with E-state index in [1.807, 2.05) is 52.8 Å². The summed E-state index contributed by atoms with van der Waals surface area (Å²) in [6.07, 6.45) is 0.619. The molecule has 0 aliphatic carbocycles. The molecule has 0 heterocycles. The predicted octanol–water partition coefficient (Wildman–Crippen LogP) is 2.44. The number of aliphatic hydroxyl groups is 3. The Bertz CT molecular complexity index is 430. The molecule has 0 aliphatic heterocycles. The first-order valence-electron chi connectivity index (χ1n) is 8.75. The van der Waals surface area contributed by atoms with E-state index in [-0.39, 0.29) is 0 Å². The van der Waals surface area contributed by atoms with E-state index in [2.05, 4.69) is 6.58 Å². The highest BCUT2D eigenvalue weighted by Crippen LogP contribution is 2.35. The monoisotopic (exact) mass is 426 g/mol. The molecule has 0 saturated carbocycles. The van der Waals surface area contributed by atoms with Crippen molar-refractivity contribution in [1.29, 1.82) is 0 Å². The Kier molecular flexibility index (Phi) is 11.6. The molecule has 0 fully saturated rings. The van der Waals surface area contributed by atoms with Crippen LogP contribution in [0, 0.1) is 0 Å². The molecule has 0 aromatic heterocycles. The lowest BCUT2D eigenvalue weighted by atomic mass is 10.1. The number of aliphatic hydroxyl groups excluding tert-OH is 2. The Morgan fingerprint density at radius 2 is 1.46 bits per heavy atom. The third-order valence-electron chi connectivity index (χ3n) is 3.32. The maximum absolute atomic E-state index is 11.2. The maximum Gasteiger partial charge on any atom is 0.350 e. The van der Waals surface area contributed by atoms with Gasteiger partial charge in [0.2, 0.25) is 0 Å². The Balaban J connectivity index is 0. The van der Waals surface area contributed by atoms with Gasteiger partial charge in [-0.1, -0.05) is 19.9 Å². The highest BCUT2D eigenvalue weighted by Gasteiger charge is 2.59. The fourth-order valence-corrected chi connectivity index (χ4v) is 15.3. The molecule has 0 saturated heterocycles. The summed E-state index contributed by atoms with van der Waals surface area (Å²) in [4.78, 5) is 9.25. The average molecular weight is 427 g/mol. The maximum atomic E-state index is 11.2. The van der Waals surface area contributed by atoms with E-state index in [4.69, 9.17) is 13.3 Å². The van der Waals surface area contributed by atoms with Gasteiger partial charge in [-0.05, 0) is 52.2 Å². The molecule has 0 aliphatic rings. The fraction of sp³-hybridized carbons (Fsp3) is 0.812. The first-order chi connectivity index (χ1) is 11.5. The van der Waals surface area contributed by atoms with Crippen LogP contribution in [0.5, 0.6) is 0 Å². The largest absolute Gasteiger partial charge is 0.478 e. The van der Waals surface area contributed by atoms with E-state index in [0.717, 1.165) is 6.08 Å². The molecular formula is C16H38O7Si3.